The third-order valence-electron chi connectivity index (χ3n) is 5.74. The summed E-state index contributed by atoms with van der Waals surface area (Å²) in [5.74, 6) is 0.158. The molecule has 142 valence electrons. The van der Waals surface area contributed by atoms with E-state index in [0.717, 1.165) is 19.4 Å². The van der Waals surface area contributed by atoms with E-state index in [1.54, 1.807) is 19.4 Å². The van der Waals surface area contributed by atoms with Crippen LogP contribution in [0.1, 0.15) is 29.8 Å². The van der Waals surface area contributed by atoms with E-state index in [2.05, 4.69) is 16.9 Å². The first-order valence-corrected chi connectivity index (χ1v) is 9.24. The van der Waals surface area contributed by atoms with E-state index in [4.69, 9.17) is 4.74 Å². The maximum Gasteiger partial charge on any atom is 0.272 e. The normalized spacial score (nSPS) is 24.8. The number of carbonyl (C=O) groups is 2. The van der Waals surface area contributed by atoms with Crippen LogP contribution in [-0.4, -0.2) is 90.5 Å². The van der Waals surface area contributed by atoms with Crippen molar-refractivity contribution in [3.05, 3.63) is 30.1 Å². The van der Waals surface area contributed by atoms with Crippen LogP contribution in [-0.2, 0) is 9.53 Å². The number of piperazine rings is 1. The standard InChI is InChI=1S/C19H28N4O3/c1-21-11-12-23(18(25)16-5-3-4-9-20-16)15-19(21)7-6-17(24)22(10-8-19)13-14-26-2/h3-5,9H,6-8,10-15H2,1-2H3/t19-/m1/s1. The molecule has 2 saturated heterocycles. The molecule has 7 nitrogen and oxygen atoms in total. The van der Waals surface area contributed by atoms with Gasteiger partial charge in [0.1, 0.15) is 5.69 Å². The Labute approximate surface area is 154 Å². The Hall–Kier alpha value is -1.99. The zero-order valence-electron chi connectivity index (χ0n) is 15.7. The van der Waals surface area contributed by atoms with Gasteiger partial charge in [0.25, 0.3) is 5.91 Å². The molecule has 0 aliphatic carbocycles. The number of likely N-dealkylation sites (N-methyl/N-ethyl adjacent to an activating group) is 1. The molecule has 3 rings (SSSR count). The van der Waals surface area contributed by atoms with E-state index in [1.807, 2.05) is 21.9 Å². The maximum absolute atomic E-state index is 12.8. The number of pyridine rings is 1. The highest BCUT2D eigenvalue weighted by Gasteiger charge is 2.43. The van der Waals surface area contributed by atoms with Gasteiger partial charge in [-0.3, -0.25) is 19.5 Å². The zero-order chi connectivity index (χ0) is 18.6. The molecule has 1 atom stereocenters. The lowest BCUT2D eigenvalue weighted by atomic mass is 9.86. The summed E-state index contributed by atoms with van der Waals surface area (Å²) in [5, 5.41) is 0. The third-order valence-corrected chi connectivity index (χ3v) is 5.74. The van der Waals surface area contributed by atoms with Gasteiger partial charge in [-0.2, -0.15) is 0 Å². The van der Waals surface area contributed by atoms with E-state index in [0.29, 0.717) is 44.9 Å². The van der Waals surface area contributed by atoms with Crippen LogP contribution in [0.25, 0.3) is 0 Å². The van der Waals surface area contributed by atoms with Crippen LogP contribution in [0.3, 0.4) is 0 Å². The van der Waals surface area contributed by atoms with Gasteiger partial charge in [0.05, 0.1) is 6.61 Å². The van der Waals surface area contributed by atoms with Gasteiger partial charge in [0, 0.05) is 58.0 Å². The summed E-state index contributed by atoms with van der Waals surface area (Å²) in [6, 6.07) is 5.41. The fraction of sp³-hybridized carbons (Fsp3) is 0.632. The van der Waals surface area contributed by atoms with Gasteiger partial charge in [-0.15, -0.1) is 0 Å². The van der Waals surface area contributed by atoms with E-state index in [-0.39, 0.29) is 17.4 Å². The fourth-order valence-corrected chi connectivity index (χ4v) is 3.96. The molecule has 26 heavy (non-hydrogen) atoms. The first-order valence-electron chi connectivity index (χ1n) is 9.24. The number of amides is 2. The quantitative estimate of drug-likeness (QED) is 0.797. The van der Waals surface area contributed by atoms with E-state index < -0.39 is 0 Å². The molecule has 0 bridgehead atoms. The second-order valence-corrected chi connectivity index (χ2v) is 7.21. The van der Waals surface area contributed by atoms with E-state index in [1.165, 1.54) is 0 Å². The summed E-state index contributed by atoms with van der Waals surface area (Å²) in [4.78, 5) is 35.6. The lowest BCUT2D eigenvalue weighted by Gasteiger charge is -2.49. The highest BCUT2D eigenvalue weighted by atomic mass is 16.5. The molecule has 0 N–H and O–H groups in total. The zero-order valence-corrected chi connectivity index (χ0v) is 15.7. The van der Waals surface area contributed by atoms with Gasteiger partial charge < -0.3 is 14.5 Å². The average molecular weight is 360 g/mol. The third kappa shape index (κ3) is 3.88. The van der Waals surface area contributed by atoms with Crippen LogP contribution >= 0.6 is 0 Å². The van der Waals surface area contributed by atoms with Crippen molar-refractivity contribution in [3.8, 4) is 0 Å². The number of hydrogen-bond donors (Lipinski definition) is 0. The first kappa shape index (κ1) is 18.8. The molecule has 3 heterocycles. The van der Waals surface area contributed by atoms with E-state index in [9.17, 15) is 9.59 Å². The summed E-state index contributed by atoms with van der Waals surface area (Å²) in [6.45, 7) is 4.03. The molecule has 0 unspecified atom stereocenters. The Kier molecular flexibility index (Phi) is 5.88. The van der Waals surface area contributed by atoms with Crippen LogP contribution < -0.4 is 0 Å². The van der Waals surface area contributed by atoms with Gasteiger partial charge in [-0.25, -0.2) is 0 Å². The maximum atomic E-state index is 12.8. The van der Waals surface area contributed by atoms with Gasteiger partial charge in [0.15, 0.2) is 0 Å². The summed E-state index contributed by atoms with van der Waals surface area (Å²) < 4.78 is 5.13. The van der Waals surface area contributed by atoms with Crippen LogP contribution in [0.5, 0.6) is 0 Å². The summed E-state index contributed by atoms with van der Waals surface area (Å²) in [6.07, 6.45) is 3.81. The van der Waals surface area contributed by atoms with Crippen molar-refractivity contribution in [2.75, 3.05) is 53.5 Å². The predicted molar refractivity (Wildman–Crippen MR) is 97.8 cm³/mol. The smallest absolute Gasteiger partial charge is 0.272 e. The van der Waals surface area contributed by atoms with E-state index >= 15 is 0 Å². The van der Waals surface area contributed by atoms with Crippen LogP contribution in [0, 0.1) is 0 Å². The Morgan fingerprint density at radius 3 is 2.85 bits per heavy atom. The summed E-state index contributed by atoms with van der Waals surface area (Å²) in [7, 11) is 3.76. The van der Waals surface area contributed by atoms with Gasteiger partial charge in [-0.1, -0.05) is 6.07 Å². The molecule has 0 saturated carbocycles. The molecule has 7 heteroatoms. The number of likely N-dealkylation sites (tertiary alicyclic amines) is 1. The molecule has 2 aliphatic rings. The van der Waals surface area contributed by atoms with Crippen molar-refractivity contribution in [2.24, 2.45) is 0 Å². The molecular formula is C19H28N4O3. The van der Waals surface area contributed by atoms with Crippen LogP contribution in [0.2, 0.25) is 0 Å². The highest BCUT2D eigenvalue weighted by Crippen LogP contribution is 2.32. The number of carbonyl (C=O) groups excluding carboxylic acids is 2. The first-order chi connectivity index (χ1) is 12.6. The largest absolute Gasteiger partial charge is 0.383 e. The second-order valence-electron chi connectivity index (χ2n) is 7.21. The molecule has 2 fully saturated rings. The highest BCUT2D eigenvalue weighted by molar-refractivity contribution is 5.92. The lowest BCUT2D eigenvalue weighted by Crippen LogP contribution is -2.62. The van der Waals surface area contributed by atoms with Crippen molar-refractivity contribution in [1.29, 1.82) is 0 Å². The Morgan fingerprint density at radius 1 is 1.27 bits per heavy atom. The van der Waals surface area contributed by atoms with Gasteiger partial charge >= 0.3 is 0 Å². The van der Waals surface area contributed by atoms with Crippen molar-refractivity contribution >= 4 is 11.8 Å². The Balaban J connectivity index is 1.73. The van der Waals surface area contributed by atoms with Crippen LogP contribution in [0.4, 0.5) is 0 Å². The number of nitrogens with zero attached hydrogens (tertiary/aromatic N) is 4. The number of rotatable bonds is 4. The molecule has 2 amide bonds. The summed E-state index contributed by atoms with van der Waals surface area (Å²) in [5.41, 5.74) is 0.332. The Bertz CT molecular complexity index is 639. The van der Waals surface area contributed by atoms with Crippen molar-refractivity contribution in [2.45, 2.75) is 24.8 Å². The average Bonchev–Trinajstić information content (AvgIpc) is 2.83. The molecule has 1 spiro atoms. The SMILES string of the molecule is COCCN1CC[C@]2(CCC1=O)CN(C(=O)c1ccccn1)CCN2C. The van der Waals surface area contributed by atoms with Gasteiger partial charge in [-0.05, 0) is 32.0 Å². The number of aromatic nitrogens is 1. The monoisotopic (exact) mass is 360 g/mol. The summed E-state index contributed by atoms with van der Waals surface area (Å²) >= 11 is 0. The fourth-order valence-electron chi connectivity index (χ4n) is 3.96. The minimum Gasteiger partial charge on any atom is -0.383 e. The molecule has 1 aromatic heterocycles. The molecule has 0 aromatic carbocycles. The van der Waals surface area contributed by atoms with Crippen molar-refractivity contribution in [3.63, 3.8) is 0 Å². The minimum absolute atomic E-state index is 0.0233. The lowest BCUT2D eigenvalue weighted by molar-refractivity contribution is -0.131. The van der Waals surface area contributed by atoms with Crippen molar-refractivity contribution < 1.29 is 14.3 Å². The Morgan fingerprint density at radius 2 is 2.12 bits per heavy atom. The molecule has 2 aliphatic heterocycles. The molecular weight excluding hydrogens is 332 g/mol. The number of methoxy groups -OCH3 is 1. The predicted octanol–water partition coefficient (Wildman–Crippen LogP) is 0.867. The molecule has 0 radical (unpaired) electrons. The topological polar surface area (TPSA) is 66.0 Å². The number of hydrogen-bond acceptors (Lipinski definition) is 5. The second kappa shape index (κ2) is 8.14. The van der Waals surface area contributed by atoms with Crippen molar-refractivity contribution in [1.82, 2.24) is 19.7 Å². The number of ether oxygens (including phenoxy) is 1. The van der Waals surface area contributed by atoms with Gasteiger partial charge in [0.2, 0.25) is 5.91 Å². The molecule has 1 aromatic rings. The minimum atomic E-state index is -0.153. The van der Waals surface area contributed by atoms with Crippen LogP contribution in [0.15, 0.2) is 24.4 Å².